The maximum Gasteiger partial charge on any atom is 0.0931 e. The molecule has 2 aromatic rings. The second-order valence-corrected chi connectivity index (χ2v) is 6.99. The number of aryl methyl sites for hydroxylation is 1. The Morgan fingerprint density at radius 2 is 1.80 bits per heavy atom. The molecule has 1 unspecified atom stereocenters. The second kappa shape index (κ2) is 6.27. The third-order valence-corrected chi connectivity index (χ3v) is 5.06. The van der Waals surface area contributed by atoms with E-state index in [0.29, 0.717) is 6.04 Å². The van der Waals surface area contributed by atoms with Crippen molar-refractivity contribution in [3.63, 3.8) is 0 Å². The summed E-state index contributed by atoms with van der Waals surface area (Å²) in [5, 5.41) is 3.42. The van der Waals surface area contributed by atoms with E-state index >= 15 is 0 Å². The van der Waals surface area contributed by atoms with E-state index in [0.717, 1.165) is 30.5 Å². The number of halogens is 1. The maximum atomic E-state index is 6.14. The molecule has 0 aliphatic carbocycles. The summed E-state index contributed by atoms with van der Waals surface area (Å²) in [6.45, 7) is 6.40. The van der Waals surface area contributed by atoms with E-state index in [1.807, 2.05) is 6.07 Å². The molecule has 0 bridgehead atoms. The molecule has 1 aliphatic heterocycles. The average Bonchev–Trinajstić information content (AvgIpc) is 2.89. The standard InChI is InChI=1S/C16H19ClN2S/c1-12-2-4-13(5-3-12)16(14-6-7-15(17)20-14)19-10-8-18-9-11-19/h2-7,16,18H,8-11H2,1H3. The van der Waals surface area contributed by atoms with Crippen molar-refractivity contribution in [2.24, 2.45) is 0 Å². The lowest BCUT2D eigenvalue weighted by Crippen LogP contribution is -2.45. The molecule has 4 heteroatoms. The topological polar surface area (TPSA) is 15.3 Å². The monoisotopic (exact) mass is 306 g/mol. The van der Waals surface area contributed by atoms with Crippen molar-refractivity contribution < 1.29 is 0 Å². The van der Waals surface area contributed by atoms with Crippen molar-refractivity contribution >= 4 is 22.9 Å². The van der Waals surface area contributed by atoms with Crippen LogP contribution in [0.3, 0.4) is 0 Å². The van der Waals surface area contributed by atoms with Gasteiger partial charge < -0.3 is 5.32 Å². The Kier molecular flexibility index (Phi) is 4.41. The molecule has 1 aromatic carbocycles. The maximum absolute atomic E-state index is 6.14. The van der Waals surface area contributed by atoms with Crippen LogP contribution in [0.25, 0.3) is 0 Å². The Morgan fingerprint density at radius 3 is 2.40 bits per heavy atom. The molecule has 106 valence electrons. The van der Waals surface area contributed by atoms with Crippen molar-refractivity contribution in [3.8, 4) is 0 Å². The van der Waals surface area contributed by atoms with Crippen molar-refractivity contribution in [2.45, 2.75) is 13.0 Å². The lowest BCUT2D eigenvalue weighted by Gasteiger charge is -2.34. The van der Waals surface area contributed by atoms with Gasteiger partial charge in [0, 0.05) is 31.1 Å². The fourth-order valence-electron chi connectivity index (χ4n) is 2.72. The number of piperazine rings is 1. The normalized spacial score (nSPS) is 18.1. The summed E-state index contributed by atoms with van der Waals surface area (Å²) in [4.78, 5) is 3.88. The van der Waals surface area contributed by atoms with Gasteiger partial charge in [-0.2, -0.15) is 0 Å². The number of thiophene rings is 1. The van der Waals surface area contributed by atoms with E-state index in [2.05, 4.69) is 47.5 Å². The highest BCUT2D eigenvalue weighted by Gasteiger charge is 2.25. The minimum absolute atomic E-state index is 0.329. The van der Waals surface area contributed by atoms with Gasteiger partial charge in [-0.3, -0.25) is 4.90 Å². The Morgan fingerprint density at radius 1 is 1.10 bits per heavy atom. The molecule has 1 N–H and O–H groups in total. The number of hydrogen-bond acceptors (Lipinski definition) is 3. The molecule has 3 rings (SSSR count). The third-order valence-electron chi connectivity index (χ3n) is 3.77. The van der Waals surface area contributed by atoms with Gasteiger partial charge >= 0.3 is 0 Å². The summed E-state index contributed by atoms with van der Waals surface area (Å²) in [6, 6.07) is 13.4. The summed E-state index contributed by atoms with van der Waals surface area (Å²) >= 11 is 7.84. The number of benzene rings is 1. The van der Waals surface area contributed by atoms with Crippen LogP contribution in [0.5, 0.6) is 0 Å². The highest BCUT2D eigenvalue weighted by molar-refractivity contribution is 7.16. The second-order valence-electron chi connectivity index (χ2n) is 5.24. The Balaban J connectivity index is 1.95. The first-order valence-electron chi connectivity index (χ1n) is 7.00. The lowest BCUT2D eigenvalue weighted by atomic mass is 10.0. The molecule has 1 fully saturated rings. The summed E-state index contributed by atoms with van der Waals surface area (Å²) in [5.41, 5.74) is 2.66. The van der Waals surface area contributed by atoms with Gasteiger partial charge in [0.2, 0.25) is 0 Å². The SMILES string of the molecule is Cc1ccc(C(c2ccc(Cl)s2)N2CCNCC2)cc1. The third kappa shape index (κ3) is 3.07. The van der Waals surface area contributed by atoms with Crippen LogP contribution in [0, 0.1) is 6.92 Å². The van der Waals surface area contributed by atoms with E-state index in [4.69, 9.17) is 11.6 Å². The first kappa shape index (κ1) is 14.1. The van der Waals surface area contributed by atoms with Crippen LogP contribution in [-0.2, 0) is 0 Å². The molecule has 1 saturated heterocycles. The van der Waals surface area contributed by atoms with E-state index in [-0.39, 0.29) is 0 Å². The van der Waals surface area contributed by atoms with Gasteiger partial charge in [0.15, 0.2) is 0 Å². The fraction of sp³-hybridized carbons (Fsp3) is 0.375. The largest absolute Gasteiger partial charge is 0.314 e. The van der Waals surface area contributed by atoms with E-state index in [1.54, 1.807) is 11.3 Å². The van der Waals surface area contributed by atoms with Crippen LogP contribution in [0.2, 0.25) is 4.34 Å². The predicted molar refractivity (Wildman–Crippen MR) is 86.8 cm³/mol. The highest BCUT2D eigenvalue weighted by Crippen LogP contribution is 2.35. The van der Waals surface area contributed by atoms with Crippen LogP contribution in [-0.4, -0.2) is 31.1 Å². The van der Waals surface area contributed by atoms with Crippen molar-refractivity contribution in [3.05, 3.63) is 56.7 Å². The summed E-state index contributed by atoms with van der Waals surface area (Å²) < 4.78 is 0.868. The summed E-state index contributed by atoms with van der Waals surface area (Å²) in [6.07, 6.45) is 0. The molecular weight excluding hydrogens is 288 g/mol. The molecule has 0 saturated carbocycles. The van der Waals surface area contributed by atoms with E-state index < -0.39 is 0 Å². The zero-order valence-electron chi connectivity index (χ0n) is 11.6. The van der Waals surface area contributed by atoms with Gasteiger partial charge in [0.05, 0.1) is 10.4 Å². The molecule has 0 amide bonds. The highest BCUT2D eigenvalue weighted by atomic mass is 35.5. The van der Waals surface area contributed by atoms with Crippen molar-refractivity contribution in [2.75, 3.05) is 26.2 Å². The van der Waals surface area contributed by atoms with Gasteiger partial charge in [-0.15, -0.1) is 11.3 Å². The van der Waals surface area contributed by atoms with Gasteiger partial charge in [-0.05, 0) is 24.6 Å². The molecule has 0 radical (unpaired) electrons. The van der Waals surface area contributed by atoms with Crippen molar-refractivity contribution in [1.82, 2.24) is 10.2 Å². The zero-order chi connectivity index (χ0) is 13.9. The molecule has 1 aromatic heterocycles. The Labute approximate surface area is 129 Å². The predicted octanol–water partition coefficient (Wildman–Crippen LogP) is 3.70. The van der Waals surface area contributed by atoms with Crippen molar-refractivity contribution in [1.29, 1.82) is 0 Å². The Bertz CT molecular complexity index is 558. The lowest BCUT2D eigenvalue weighted by molar-refractivity contribution is 0.200. The molecule has 1 aliphatic rings. The molecule has 0 spiro atoms. The molecular formula is C16H19ClN2S. The molecule has 1 atom stereocenters. The van der Waals surface area contributed by atoms with Crippen LogP contribution < -0.4 is 5.32 Å². The first-order chi connectivity index (χ1) is 9.74. The molecule has 2 heterocycles. The fourth-order valence-corrected chi connectivity index (χ4v) is 3.94. The molecule has 2 nitrogen and oxygen atoms in total. The molecule has 20 heavy (non-hydrogen) atoms. The van der Waals surface area contributed by atoms with Crippen LogP contribution >= 0.6 is 22.9 Å². The van der Waals surface area contributed by atoms with Gasteiger partial charge in [-0.1, -0.05) is 41.4 Å². The van der Waals surface area contributed by atoms with Crippen LogP contribution in [0.1, 0.15) is 22.0 Å². The van der Waals surface area contributed by atoms with Crippen LogP contribution in [0.15, 0.2) is 36.4 Å². The number of hydrogen-bond donors (Lipinski definition) is 1. The van der Waals surface area contributed by atoms with Gasteiger partial charge in [0.1, 0.15) is 0 Å². The minimum atomic E-state index is 0.329. The number of nitrogens with one attached hydrogen (secondary N) is 1. The Hall–Kier alpha value is -0.870. The van der Waals surface area contributed by atoms with E-state index in [1.165, 1.54) is 16.0 Å². The first-order valence-corrected chi connectivity index (χ1v) is 8.20. The zero-order valence-corrected chi connectivity index (χ0v) is 13.2. The van der Waals surface area contributed by atoms with Gasteiger partial charge in [-0.25, -0.2) is 0 Å². The van der Waals surface area contributed by atoms with Gasteiger partial charge in [0.25, 0.3) is 0 Å². The summed E-state index contributed by atoms with van der Waals surface area (Å²) in [7, 11) is 0. The minimum Gasteiger partial charge on any atom is -0.314 e. The smallest absolute Gasteiger partial charge is 0.0931 e. The quantitative estimate of drug-likeness (QED) is 0.930. The number of rotatable bonds is 3. The summed E-state index contributed by atoms with van der Waals surface area (Å²) in [5.74, 6) is 0. The number of nitrogens with zero attached hydrogens (tertiary/aromatic N) is 1. The van der Waals surface area contributed by atoms with E-state index in [9.17, 15) is 0 Å². The average molecular weight is 307 g/mol. The van der Waals surface area contributed by atoms with Crippen LogP contribution in [0.4, 0.5) is 0 Å².